The highest BCUT2D eigenvalue weighted by Crippen LogP contribution is 2.11. The van der Waals surface area contributed by atoms with E-state index in [0.717, 1.165) is 17.7 Å². The van der Waals surface area contributed by atoms with Gasteiger partial charge in [-0.15, -0.1) is 0 Å². The van der Waals surface area contributed by atoms with Crippen molar-refractivity contribution in [1.29, 1.82) is 0 Å². The van der Waals surface area contributed by atoms with Crippen molar-refractivity contribution in [2.45, 2.75) is 46.0 Å². The van der Waals surface area contributed by atoms with Crippen molar-refractivity contribution >= 4 is 12.0 Å². The van der Waals surface area contributed by atoms with Crippen LogP contribution in [0.3, 0.4) is 0 Å². The molecule has 2 amide bonds. The van der Waals surface area contributed by atoms with Gasteiger partial charge in [-0.2, -0.15) is 0 Å². The molecule has 0 aliphatic heterocycles. The quantitative estimate of drug-likeness (QED) is 0.747. The van der Waals surface area contributed by atoms with Gasteiger partial charge in [-0.05, 0) is 63.7 Å². The Morgan fingerprint density at radius 3 is 2.10 bits per heavy atom. The minimum Gasteiger partial charge on any atom is -0.444 e. The number of hydrogen-bond donors (Lipinski definition) is 2. The standard InChI is InChI=1S/C23H31N3O3/c1-23(2,3)29-22(28)25-14-17-10-12-18(13-11-17)21(27)24-15-19-8-6-7-9-20(19)16-26(4)5/h6-13H,14-16H2,1-5H3,(H,24,27)(H,25,28). The number of nitrogens with zero attached hydrogens (tertiary/aromatic N) is 1. The Morgan fingerprint density at radius 2 is 1.52 bits per heavy atom. The Morgan fingerprint density at radius 1 is 0.897 bits per heavy atom. The first-order valence-corrected chi connectivity index (χ1v) is 9.69. The molecule has 2 rings (SSSR count). The zero-order valence-electron chi connectivity index (χ0n) is 17.9. The molecule has 0 saturated heterocycles. The number of nitrogens with one attached hydrogen (secondary N) is 2. The lowest BCUT2D eigenvalue weighted by Gasteiger charge is -2.19. The molecule has 0 aliphatic carbocycles. The van der Waals surface area contributed by atoms with Crippen LogP contribution in [0.4, 0.5) is 4.79 Å². The first-order chi connectivity index (χ1) is 13.6. The van der Waals surface area contributed by atoms with Crippen LogP contribution in [0, 0.1) is 0 Å². The number of carbonyl (C=O) groups is 2. The van der Waals surface area contributed by atoms with Crippen LogP contribution in [-0.4, -0.2) is 36.6 Å². The maximum absolute atomic E-state index is 12.5. The second-order valence-electron chi connectivity index (χ2n) is 8.24. The summed E-state index contributed by atoms with van der Waals surface area (Å²) in [4.78, 5) is 26.3. The molecule has 29 heavy (non-hydrogen) atoms. The van der Waals surface area contributed by atoms with Gasteiger partial charge in [0.1, 0.15) is 5.60 Å². The van der Waals surface area contributed by atoms with Crippen LogP contribution in [0.2, 0.25) is 0 Å². The minimum atomic E-state index is -0.531. The van der Waals surface area contributed by atoms with E-state index in [0.29, 0.717) is 18.7 Å². The van der Waals surface area contributed by atoms with Crippen LogP contribution in [-0.2, 0) is 24.4 Å². The Balaban J connectivity index is 1.89. The van der Waals surface area contributed by atoms with E-state index >= 15 is 0 Å². The molecule has 156 valence electrons. The second kappa shape index (κ2) is 10.1. The highest BCUT2D eigenvalue weighted by molar-refractivity contribution is 5.94. The van der Waals surface area contributed by atoms with Crippen LogP contribution in [0.5, 0.6) is 0 Å². The fourth-order valence-corrected chi connectivity index (χ4v) is 2.76. The molecular weight excluding hydrogens is 366 g/mol. The molecule has 6 nitrogen and oxygen atoms in total. The third-order valence-corrected chi connectivity index (χ3v) is 4.10. The average molecular weight is 398 g/mol. The van der Waals surface area contributed by atoms with Crippen molar-refractivity contribution in [3.63, 3.8) is 0 Å². The summed E-state index contributed by atoms with van der Waals surface area (Å²) >= 11 is 0. The van der Waals surface area contributed by atoms with E-state index in [4.69, 9.17) is 4.74 Å². The molecule has 0 spiro atoms. The summed E-state index contributed by atoms with van der Waals surface area (Å²) in [5, 5.41) is 5.68. The number of carbonyl (C=O) groups excluding carboxylic acids is 2. The summed E-state index contributed by atoms with van der Waals surface area (Å²) in [5.41, 5.74) is 3.24. The Bertz CT molecular complexity index is 824. The van der Waals surface area contributed by atoms with Crippen molar-refractivity contribution in [2.75, 3.05) is 14.1 Å². The van der Waals surface area contributed by atoms with Crippen LogP contribution < -0.4 is 10.6 Å². The first-order valence-electron chi connectivity index (χ1n) is 9.69. The third kappa shape index (κ3) is 7.95. The molecular formula is C23H31N3O3. The molecule has 0 radical (unpaired) electrons. The SMILES string of the molecule is CN(C)Cc1ccccc1CNC(=O)c1ccc(CNC(=O)OC(C)(C)C)cc1. The maximum Gasteiger partial charge on any atom is 0.407 e. The van der Waals surface area contributed by atoms with Gasteiger partial charge in [0.25, 0.3) is 5.91 Å². The molecule has 0 heterocycles. The van der Waals surface area contributed by atoms with Crippen molar-refractivity contribution in [3.05, 3.63) is 70.8 Å². The molecule has 0 aliphatic rings. The lowest BCUT2D eigenvalue weighted by atomic mass is 10.1. The Hall–Kier alpha value is -2.86. The largest absolute Gasteiger partial charge is 0.444 e. The number of benzene rings is 2. The summed E-state index contributed by atoms with van der Waals surface area (Å²) in [5.74, 6) is -0.128. The van der Waals surface area contributed by atoms with Crippen molar-refractivity contribution in [3.8, 4) is 0 Å². The third-order valence-electron chi connectivity index (χ3n) is 4.10. The lowest BCUT2D eigenvalue weighted by Crippen LogP contribution is -2.32. The maximum atomic E-state index is 12.5. The molecule has 0 fully saturated rings. The average Bonchev–Trinajstić information content (AvgIpc) is 2.64. The van der Waals surface area contributed by atoms with Crippen LogP contribution in [0.1, 0.15) is 47.8 Å². The number of rotatable bonds is 7. The number of ether oxygens (including phenoxy) is 1. The fraction of sp³-hybridized carbons (Fsp3) is 0.391. The predicted molar refractivity (Wildman–Crippen MR) is 115 cm³/mol. The van der Waals surface area contributed by atoms with Gasteiger partial charge < -0.3 is 20.3 Å². The van der Waals surface area contributed by atoms with E-state index in [1.165, 1.54) is 5.56 Å². The minimum absolute atomic E-state index is 0.128. The first kappa shape index (κ1) is 22.4. The highest BCUT2D eigenvalue weighted by Gasteiger charge is 2.15. The highest BCUT2D eigenvalue weighted by atomic mass is 16.6. The predicted octanol–water partition coefficient (Wildman–Crippen LogP) is 3.70. The molecule has 0 atom stereocenters. The number of alkyl carbamates (subject to hydrolysis) is 1. The lowest BCUT2D eigenvalue weighted by molar-refractivity contribution is 0.0523. The van der Waals surface area contributed by atoms with Gasteiger partial charge >= 0.3 is 6.09 Å². The van der Waals surface area contributed by atoms with Crippen LogP contribution in [0.25, 0.3) is 0 Å². The van der Waals surface area contributed by atoms with Gasteiger partial charge in [-0.1, -0.05) is 36.4 Å². The number of amides is 2. The van der Waals surface area contributed by atoms with Gasteiger partial charge in [-0.3, -0.25) is 4.79 Å². The summed E-state index contributed by atoms with van der Waals surface area (Å²) in [6, 6.07) is 15.3. The van der Waals surface area contributed by atoms with Gasteiger partial charge in [0.2, 0.25) is 0 Å². The van der Waals surface area contributed by atoms with Gasteiger partial charge in [0.15, 0.2) is 0 Å². The summed E-state index contributed by atoms with van der Waals surface area (Å²) in [6.45, 7) is 7.10. The monoisotopic (exact) mass is 397 g/mol. The van der Waals surface area contributed by atoms with E-state index in [2.05, 4.69) is 21.6 Å². The zero-order chi connectivity index (χ0) is 21.4. The van der Waals surface area contributed by atoms with E-state index < -0.39 is 11.7 Å². The van der Waals surface area contributed by atoms with E-state index in [1.807, 2.05) is 65.2 Å². The normalized spacial score (nSPS) is 11.2. The molecule has 0 saturated carbocycles. The molecule has 2 aromatic rings. The Labute approximate surface area is 173 Å². The van der Waals surface area contributed by atoms with E-state index in [9.17, 15) is 9.59 Å². The molecule has 0 unspecified atom stereocenters. The fourth-order valence-electron chi connectivity index (χ4n) is 2.76. The van der Waals surface area contributed by atoms with Gasteiger partial charge in [-0.25, -0.2) is 4.79 Å². The second-order valence-corrected chi connectivity index (χ2v) is 8.24. The van der Waals surface area contributed by atoms with Crippen LogP contribution in [0.15, 0.2) is 48.5 Å². The van der Waals surface area contributed by atoms with Gasteiger partial charge in [0.05, 0.1) is 0 Å². The zero-order valence-corrected chi connectivity index (χ0v) is 17.9. The topological polar surface area (TPSA) is 70.7 Å². The molecule has 0 bridgehead atoms. The van der Waals surface area contributed by atoms with Crippen molar-refractivity contribution in [1.82, 2.24) is 15.5 Å². The van der Waals surface area contributed by atoms with E-state index in [-0.39, 0.29) is 5.91 Å². The molecule has 6 heteroatoms. The molecule has 2 N–H and O–H groups in total. The van der Waals surface area contributed by atoms with Crippen molar-refractivity contribution < 1.29 is 14.3 Å². The Kier molecular flexibility index (Phi) is 7.79. The summed E-state index contributed by atoms with van der Waals surface area (Å²) in [7, 11) is 4.04. The summed E-state index contributed by atoms with van der Waals surface area (Å²) in [6.07, 6.45) is -0.462. The summed E-state index contributed by atoms with van der Waals surface area (Å²) < 4.78 is 5.21. The molecule has 0 aromatic heterocycles. The number of hydrogen-bond acceptors (Lipinski definition) is 4. The van der Waals surface area contributed by atoms with E-state index in [1.54, 1.807) is 12.1 Å². The van der Waals surface area contributed by atoms with Crippen LogP contribution >= 0.6 is 0 Å². The van der Waals surface area contributed by atoms with Crippen molar-refractivity contribution in [2.24, 2.45) is 0 Å². The molecule has 2 aromatic carbocycles. The van der Waals surface area contributed by atoms with Gasteiger partial charge in [0, 0.05) is 25.2 Å². The smallest absolute Gasteiger partial charge is 0.407 e.